The van der Waals surface area contributed by atoms with Crippen molar-refractivity contribution in [1.29, 1.82) is 0 Å². The van der Waals surface area contributed by atoms with Crippen LogP contribution in [0.5, 0.6) is 0 Å². The van der Waals surface area contributed by atoms with E-state index in [0.717, 1.165) is 4.90 Å². The zero-order valence-corrected chi connectivity index (χ0v) is 21.8. The van der Waals surface area contributed by atoms with Gasteiger partial charge in [0.25, 0.3) is 11.8 Å². The molecule has 1 fully saturated rings. The number of hydrogen-bond acceptors (Lipinski definition) is 11. The van der Waals surface area contributed by atoms with Gasteiger partial charge < -0.3 is 34.7 Å². The summed E-state index contributed by atoms with van der Waals surface area (Å²) in [6, 6.07) is 3.81. The Hall–Kier alpha value is -3.92. The van der Waals surface area contributed by atoms with Crippen LogP contribution >= 0.6 is 0 Å². The molecule has 2 heterocycles. The molecule has 0 aromatic heterocycles. The van der Waals surface area contributed by atoms with Crippen molar-refractivity contribution < 1.29 is 52.8 Å². The van der Waals surface area contributed by atoms with Crippen LogP contribution in [0.4, 0.5) is 5.69 Å². The third-order valence-electron chi connectivity index (χ3n) is 5.80. The maximum absolute atomic E-state index is 13.1. The summed E-state index contributed by atoms with van der Waals surface area (Å²) in [5.74, 6) is -3.82. The highest BCUT2D eigenvalue weighted by molar-refractivity contribution is 6.25. The SMILES string of the molecule is O=C(O)COCC(=O)NCCOCCOCCOCCNc1cccc2c1C(=O)N(C1CCC(=O)NC1=O)C2=O. The molecule has 1 saturated heterocycles. The fourth-order valence-corrected chi connectivity index (χ4v) is 4.01. The van der Waals surface area contributed by atoms with E-state index >= 15 is 0 Å². The molecular weight excluding hydrogens is 532 g/mol. The Morgan fingerprint density at radius 2 is 1.57 bits per heavy atom. The van der Waals surface area contributed by atoms with Crippen molar-refractivity contribution in [2.75, 3.05) is 71.3 Å². The van der Waals surface area contributed by atoms with Gasteiger partial charge in [-0.05, 0) is 18.6 Å². The lowest BCUT2D eigenvalue weighted by Crippen LogP contribution is -2.54. The molecule has 1 aromatic rings. The number of carbonyl (C=O) groups is 6. The predicted molar refractivity (Wildman–Crippen MR) is 136 cm³/mol. The van der Waals surface area contributed by atoms with Gasteiger partial charge in [-0.2, -0.15) is 0 Å². The van der Waals surface area contributed by atoms with Gasteiger partial charge >= 0.3 is 5.97 Å². The molecule has 218 valence electrons. The van der Waals surface area contributed by atoms with Crippen molar-refractivity contribution in [2.24, 2.45) is 0 Å². The maximum atomic E-state index is 13.1. The summed E-state index contributed by atoms with van der Waals surface area (Å²) in [6.07, 6.45) is 0.143. The zero-order chi connectivity index (χ0) is 28.9. The molecule has 2 aliphatic heterocycles. The van der Waals surface area contributed by atoms with Gasteiger partial charge in [-0.25, -0.2) is 4.79 Å². The molecule has 1 atom stereocenters. The van der Waals surface area contributed by atoms with E-state index in [1.54, 1.807) is 12.1 Å². The smallest absolute Gasteiger partial charge is 0.329 e. The average molecular weight is 565 g/mol. The van der Waals surface area contributed by atoms with Crippen molar-refractivity contribution in [3.63, 3.8) is 0 Å². The highest BCUT2D eigenvalue weighted by Gasteiger charge is 2.45. The summed E-state index contributed by atoms with van der Waals surface area (Å²) in [6.45, 7) is 1.60. The van der Waals surface area contributed by atoms with Crippen LogP contribution in [-0.2, 0) is 38.1 Å². The fraction of sp³-hybridized carbons (Fsp3) is 0.520. The highest BCUT2D eigenvalue weighted by atomic mass is 16.5. The Labute approximate surface area is 229 Å². The lowest BCUT2D eigenvalue weighted by molar-refractivity contribution is -0.143. The van der Waals surface area contributed by atoms with Gasteiger partial charge in [0.15, 0.2) is 0 Å². The Morgan fingerprint density at radius 3 is 2.25 bits per heavy atom. The van der Waals surface area contributed by atoms with E-state index in [1.165, 1.54) is 6.07 Å². The number of ether oxygens (including phenoxy) is 4. The van der Waals surface area contributed by atoms with E-state index in [-0.39, 0.29) is 43.7 Å². The number of carboxylic acids is 1. The molecule has 4 N–H and O–H groups in total. The lowest BCUT2D eigenvalue weighted by Gasteiger charge is -2.27. The minimum Gasteiger partial charge on any atom is -0.480 e. The third kappa shape index (κ3) is 8.81. The van der Waals surface area contributed by atoms with Crippen LogP contribution in [0.25, 0.3) is 0 Å². The molecule has 2 aliphatic rings. The predicted octanol–water partition coefficient (Wildman–Crippen LogP) is -1.23. The first-order chi connectivity index (χ1) is 19.3. The van der Waals surface area contributed by atoms with Gasteiger partial charge in [0.05, 0.1) is 50.8 Å². The van der Waals surface area contributed by atoms with Crippen LogP contribution < -0.4 is 16.0 Å². The molecule has 0 bridgehead atoms. The first kappa shape index (κ1) is 30.6. The minimum absolute atomic E-state index is 0.0532. The van der Waals surface area contributed by atoms with E-state index in [1.807, 2.05) is 0 Å². The van der Waals surface area contributed by atoms with Gasteiger partial charge in [-0.1, -0.05) is 6.07 Å². The number of fused-ring (bicyclic) bond motifs is 1. The third-order valence-corrected chi connectivity index (χ3v) is 5.80. The number of nitrogens with zero attached hydrogens (tertiary/aromatic N) is 1. The first-order valence-corrected chi connectivity index (χ1v) is 12.7. The number of carbonyl (C=O) groups excluding carboxylic acids is 5. The fourth-order valence-electron chi connectivity index (χ4n) is 4.01. The number of aliphatic carboxylic acids is 1. The second-order valence-electron chi connectivity index (χ2n) is 8.68. The molecule has 5 amide bonds. The van der Waals surface area contributed by atoms with E-state index in [0.29, 0.717) is 45.3 Å². The number of rotatable bonds is 18. The molecular formula is C25H32N4O11. The summed E-state index contributed by atoms with van der Waals surface area (Å²) in [4.78, 5) is 72.2. The molecule has 0 spiro atoms. The van der Waals surface area contributed by atoms with Crippen molar-refractivity contribution >= 4 is 41.2 Å². The number of anilines is 1. The van der Waals surface area contributed by atoms with Crippen LogP contribution in [0, 0.1) is 0 Å². The number of nitrogens with one attached hydrogen (secondary N) is 3. The Balaban J connectivity index is 1.25. The van der Waals surface area contributed by atoms with Gasteiger partial charge in [0.2, 0.25) is 17.7 Å². The molecule has 3 rings (SSSR count). The van der Waals surface area contributed by atoms with Crippen LogP contribution in [-0.4, -0.2) is 117 Å². The van der Waals surface area contributed by atoms with E-state index in [2.05, 4.69) is 20.7 Å². The molecule has 0 aliphatic carbocycles. The standard InChI is InChI=1S/C25H32N4O11/c30-19-5-4-18(23(34)28-19)29-24(35)16-2-1-3-17(22(16)25(29)36)26-6-8-37-10-12-39-13-11-38-9-7-27-20(31)14-40-15-21(32)33/h1-3,18,26H,4-15H2,(H,27,31)(H,32,33)(H,28,30,34). The van der Waals surface area contributed by atoms with E-state index in [9.17, 15) is 28.8 Å². The van der Waals surface area contributed by atoms with E-state index < -0.39 is 48.2 Å². The normalized spacial score (nSPS) is 16.6. The second kappa shape index (κ2) is 15.6. The minimum atomic E-state index is -1.15. The van der Waals surface area contributed by atoms with Crippen molar-refractivity contribution in [3.8, 4) is 0 Å². The largest absolute Gasteiger partial charge is 0.480 e. The van der Waals surface area contributed by atoms with Crippen molar-refractivity contribution in [2.45, 2.75) is 18.9 Å². The number of hydrogen-bond donors (Lipinski definition) is 4. The van der Waals surface area contributed by atoms with Crippen LogP contribution in [0.2, 0.25) is 0 Å². The molecule has 1 aromatic carbocycles. The monoisotopic (exact) mass is 564 g/mol. The summed E-state index contributed by atoms with van der Waals surface area (Å²) in [5.41, 5.74) is 0.835. The van der Waals surface area contributed by atoms with Gasteiger partial charge in [-0.3, -0.25) is 34.2 Å². The summed E-state index contributed by atoms with van der Waals surface area (Å²) in [5, 5.41) is 16.2. The number of carboxylic acid groups (broad SMARTS) is 1. The number of amides is 5. The Bertz CT molecular complexity index is 1110. The summed E-state index contributed by atoms with van der Waals surface area (Å²) in [7, 11) is 0. The van der Waals surface area contributed by atoms with Gasteiger partial charge in [0, 0.05) is 25.2 Å². The number of imide groups is 2. The number of piperidine rings is 1. The Kier molecular flexibility index (Phi) is 12.0. The summed E-state index contributed by atoms with van der Waals surface area (Å²) < 4.78 is 20.9. The molecule has 0 saturated carbocycles. The molecule has 0 radical (unpaired) electrons. The quantitative estimate of drug-likeness (QED) is 0.122. The van der Waals surface area contributed by atoms with Crippen LogP contribution in [0.15, 0.2) is 18.2 Å². The molecule has 15 heteroatoms. The van der Waals surface area contributed by atoms with Crippen molar-refractivity contribution in [3.05, 3.63) is 29.3 Å². The number of benzene rings is 1. The van der Waals surface area contributed by atoms with E-state index in [4.69, 9.17) is 19.3 Å². The average Bonchev–Trinajstić information content (AvgIpc) is 3.17. The van der Waals surface area contributed by atoms with Crippen LogP contribution in [0.1, 0.15) is 33.6 Å². The van der Waals surface area contributed by atoms with Crippen molar-refractivity contribution in [1.82, 2.24) is 15.5 Å². The maximum Gasteiger partial charge on any atom is 0.329 e. The van der Waals surface area contributed by atoms with Gasteiger partial charge in [0.1, 0.15) is 19.3 Å². The Morgan fingerprint density at radius 1 is 0.900 bits per heavy atom. The summed E-state index contributed by atoms with van der Waals surface area (Å²) >= 11 is 0. The lowest BCUT2D eigenvalue weighted by atomic mass is 10.0. The topological polar surface area (TPSA) is 199 Å². The van der Waals surface area contributed by atoms with Crippen LogP contribution in [0.3, 0.4) is 0 Å². The molecule has 15 nitrogen and oxygen atoms in total. The first-order valence-electron chi connectivity index (χ1n) is 12.7. The van der Waals surface area contributed by atoms with Gasteiger partial charge in [-0.15, -0.1) is 0 Å². The second-order valence-corrected chi connectivity index (χ2v) is 8.68. The molecule has 40 heavy (non-hydrogen) atoms. The molecule has 1 unspecified atom stereocenters. The highest BCUT2D eigenvalue weighted by Crippen LogP contribution is 2.32. The zero-order valence-electron chi connectivity index (χ0n) is 21.8.